The second-order valence-corrected chi connectivity index (χ2v) is 4.25. The van der Waals surface area contributed by atoms with Crippen LogP contribution in [0, 0.1) is 0 Å². The van der Waals surface area contributed by atoms with Gasteiger partial charge in [0.05, 0.1) is 0 Å². The second kappa shape index (κ2) is 3.00. The van der Waals surface area contributed by atoms with Crippen LogP contribution in [0.3, 0.4) is 0 Å². The van der Waals surface area contributed by atoms with Gasteiger partial charge in [0.2, 0.25) is 5.65 Å². The minimum Gasteiger partial charge on any atom is -0.321 e. The van der Waals surface area contributed by atoms with E-state index in [0.717, 1.165) is 23.9 Å². The quantitative estimate of drug-likeness (QED) is 0.726. The van der Waals surface area contributed by atoms with Crippen molar-refractivity contribution < 1.29 is 0 Å². The molecule has 5 nitrogen and oxygen atoms in total. The molecule has 5 heteroatoms. The normalized spacial score (nSPS) is 19.8. The van der Waals surface area contributed by atoms with Crippen LogP contribution in [-0.4, -0.2) is 20.4 Å². The molecular weight excluding hydrogens is 190 g/mol. The first-order valence-electron chi connectivity index (χ1n) is 5.24. The van der Waals surface area contributed by atoms with Crippen LogP contribution in [0.5, 0.6) is 0 Å². The van der Waals surface area contributed by atoms with E-state index >= 15 is 0 Å². The van der Waals surface area contributed by atoms with Crippen LogP contribution in [0.25, 0.3) is 11.2 Å². The van der Waals surface area contributed by atoms with Crippen LogP contribution in [0.1, 0.15) is 31.2 Å². The van der Waals surface area contributed by atoms with Gasteiger partial charge in [0, 0.05) is 11.7 Å². The van der Waals surface area contributed by atoms with E-state index in [1.165, 1.54) is 12.8 Å². The fourth-order valence-corrected chi connectivity index (χ4v) is 2.31. The number of rotatable bonds is 1. The molecule has 0 amide bonds. The molecule has 15 heavy (non-hydrogen) atoms. The van der Waals surface area contributed by atoms with Crippen molar-refractivity contribution in [3.05, 3.63) is 17.8 Å². The minimum absolute atomic E-state index is 0.194. The summed E-state index contributed by atoms with van der Waals surface area (Å²) in [6, 6.07) is 2.00. The molecule has 0 unspecified atom stereocenters. The van der Waals surface area contributed by atoms with Gasteiger partial charge in [0.15, 0.2) is 0 Å². The van der Waals surface area contributed by atoms with Crippen molar-refractivity contribution in [2.24, 2.45) is 5.73 Å². The molecule has 2 aromatic rings. The second-order valence-electron chi connectivity index (χ2n) is 4.25. The SMILES string of the molecule is NC1(c2cnc3n[nH]nc3c2)CCCC1. The summed E-state index contributed by atoms with van der Waals surface area (Å²) in [5.74, 6) is 0. The Labute approximate surface area is 87.1 Å². The molecule has 0 atom stereocenters. The lowest BCUT2D eigenvalue weighted by Crippen LogP contribution is -2.33. The highest BCUT2D eigenvalue weighted by molar-refractivity contribution is 5.69. The van der Waals surface area contributed by atoms with Crippen LogP contribution in [0.2, 0.25) is 0 Å². The van der Waals surface area contributed by atoms with Crippen molar-refractivity contribution in [2.75, 3.05) is 0 Å². The van der Waals surface area contributed by atoms with Gasteiger partial charge in [0.1, 0.15) is 5.52 Å². The Morgan fingerprint density at radius 3 is 2.87 bits per heavy atom. The summed E-state index contributed by atoms with van der Waals surface area (Å²) in [7, 11) is 0. The molecule has 3 rings (SSSR count). The van der Waals surface area contributed by atoms with E-state index in [9.17, 15) is 0 Å². The Balaban J connectivity index is 2.10. The highest BCUT2D eigenvalue weighted by atomic mass is 15.3. The summed E-state index contributed by atoms with van der Waals surface area (Å²) < 4.78 is 0. The Hall–Kier alpha value is -1.49. The molecule has 1 aliphatic rings. The number of fused-ring (bicyclic) bond motifs is 1. The number of hydrogen-bond acceptors (Lipinski definition) is 4. The standard InChI is InChI=1S/C10H13N5/c11-10(3-1-2-4-10)7-5-8-9(12-6-7)14-15-13-8/h5-6H,1-4,11H2,(H,12,13,14,15). The molecule has 0 saturated heterocycles. The Morgan fingerprint density at radius 2 is 2.07 bits per heavy atom. The van der Waals surface area contributed by atoms with E-state index in [1.54, 1.807) is 0 Å². The number of aromatic nitrogens is 4. The van der Waals surface area contributed by atoms with Gasteiger partial charge in [-0.25, -0.2) is 4.98 Å². The predicted molar refractivity (Wildman–Crippen MR) is 56.0 cm³/mol. The zero-order valence-corrected chi connectivity index (χ0v) is 8.40. The summed E-state index contributed by atoms with van der Waals surface area (Å²) >= 11 is 0. The third-order valence-corrected chi connectivity index (χ3v) is 3.24. The molecule has 0 bridgehead atoms. The lowest BCUT2D eigenvalue weighted by atomic mass is 9.91. The summed E-state index contributed by atoms with van der Waals surface area (Å²) in [5, 5.41) is 10.5. The van der Waals surface area contributed by atoms with Gasteiger partial charge < -0.3 is 5.73 Å². The van der Waals surface area contributed by atoms with Gasteiger partial charge >= 0.3 is 0 Å². The average Bonchev–Trinajstić information content (AvgIpc) is 2.85. The highest BCUT2D eigenvalue weighted by Gasteiger charge is 2.31. The molecule has 3 N–H and O–H groups in total. The molecule has 1 aliphatic carbocycles. The summed E-state index contributed by atoms with van der Waals surface area (Å²) in [4.78, 5) is 4.25. The van der Waals surface area contributed by atoms with Crippen LogP contribution in [0.4, 0.5) is 0 Å². The lowest BCUT2D eigenvalue weighted by molar-refractivity contribution is 0.461. The van der Waals surface area contributed by atoms with Crippen molar-refractivity contribution in [1.29, 1.82) is 0 Å². The summed E-state index contributed by atoms with van der Waals surface area (Å²) in [6.07, 6.45) is 6.31. The van der Waals surface area contributed by atoms with Crippen LogP contribution in [0.15, 0.2) is 12.3 Å². The van der Waals surface area contributed by atoms with Gasteiger partial charge in [-0.3, -0.25) is 0 Å². The Bertz CT molecular complexity index is 483. The molecule has 1 fully saturated rings. The molecule has 0 aliphatic heterocycles. The minimum atomic E-state index is -0.194. The molecule has 0 radical (unpaired) electrons. The summed E-state index contributed by atoms with van der Waals surface area (Å²) in [6.45, 7) is 0. The zero-order valence-electron chi connectivity index (χ0n) is 8.40. The number of nitrogens with two attached hydrogens (primary N) is 1. The fourth-order valence-electron chi connectivity index (χ4n) is 2.31. The number of pyridine rings is 1. The van der Waals surface area contributed by atoms with E-state index in [0.29, 0.717) is 5.65 Å². The fraction of sp³-hybridized carbons (Fsp3) is 0.500. The van der Waals surface area contributed by atoms with Gasteiger partial charge in [-0.1, -0.05) is 12.8 Å². The van der Waals surface area contributed by atoms with Gasteiger partial charge in [0.25, 0.3) is 0 Å². The maximum absolute atomic E-state index is 6.34. The van der Waals surface area contributed by atoms with E-state index in [-0.39, 0.29) is 5.54 Å². The van der Waals surface area contributed by atoms with Gasteiger partial charge in [-0.2, -0.15) is 10.3 Å². The van der Waals surface area contributed by atoms with Crippen LogP contribution < -0.4 is 5.73 Å². The highest BCUT2D eigenvalue weighted by Crippen LogP contribution is 2.36. The third-order valence-electron chi connectivity index (χ3n) is 3.24. The zero-order chi connectivity index (χ0) is 10.3. The Morgan fingerprint density at radius 1 is 1.27 bits per heavy atom. The van der Waals surface area contributed by atoms with Crippen molar-refractivity contribution in [1.82, 2.24) is 20.4 Å². The molecule has 2 aromatic heterocycles. The first kappa shape index (κ1) is 8.79. The molecular formula is C10H13N5. The number of nitrogens with one attached hydrogen (secondary N) is 1. The van der Waals surface area contributed by atoms with E-state index < -0.39 is 0 Å². The molecule has 0 spiro atoms. The predicted octanol–water partition coefficient (Wildman–Crippen LogP) is 1.08. The van der Waals surface area contributed by atoms with Crippen molar-refractivity contribution >= 4 is 11.2 Å². The number of H-pyrrole nitrogens is 1. The average molecular weight is 203 g/mol. The molecule has 78 valence electrons. The first-order valence-corrected chi connectivity index (χ1v) is 5.24. The smallest absolute Gasteiger partial charge is 0.201 e. The van der Waals surface area contributed by atoms with Gasteiger partial charge in [-0.05, 0) is 24.5 Å². The lowest BCUT2D eigenvalue weighted by Gasteiger charge is -2.23. The van der Waals surface area contributed by atoms with E-state index in [1.807, 2.05) is 12.3 Å². The van der Waals surface area contributed by atoms with Crippen molar-refractivity contribution in [3.63, 3.8) is 0 Å². The third kappa shape index (κ3) is 1.31. The monoisotopic (exact) mass is 203 g/mol. The molecule has 1 saturated carbocycles. The topological polar surface area (TPSA) is 80.5 Å². The van der Waals surface area contributed by atoms with E-state index in [4.69, 9.17) is 5.73 Å². The largest absolute Gasteiger partial charge is 0.321 e. The molecule has 2 heterocycles. The van der Waals surface area contributed by atoms with Crippen LogP contribution in [-0.2, 0) is 5.54 Å². The maximum Gasteiger partial charge on any atom is 0.201 e. The van der Waals surface area contributed by atoms with E-state index in [2.05, 4.69) is 20.4 Å². The Kier molecular flexibility index (Phi) is 1.76. The number of nitrogens with zero attached hydrogens (tertiary/aromatic N) is 3. The first-order chi connectivity index (χ1) is 7.28. The van der Waals surface area contributed by atoms with Crippen LogP contribution >= 0.6 is 0 Å². The van der Waals surface area contributed by atoms with Crippen molar-refractivity contribution in [3.8, 4) is 0 Å². The maximum atomic E-state index is 6.34. The number of aromatic amines is 1. The summed E-state index contributed by atoms with van der Waals surface area (Å²) in [5.41, 5.74) is 8.68. The van der Waals surface area contributed by atoms with Crippen molar-refractivity contribution in [2.45, 2.75) is 31.2 Å². The number of hydrogen-bond donors (Lipinski definition) is 2. The molecule has 0 aromatic carbocycles. The van der Waals surface area contributed by atoms with Gasteiger partial charge in [-0.15, -0.1) is 5.10 Å².